The molecule has 98 valence electrons. The van der Waals surface area contributed by atoms with E-state index in [-0.39, 0.29) is 0 Å². The number of aromatic nitrogens is 1. The summed E-state index contributed by atoms with van der Waals surface area (Å²) in [5.41, 5.74) is 8.81. The maximum Gasteiger partial charge on any atom is 0.490 e. The van der Waals surface area contributed by atoms with Gasteiger partial charge in [-0.1, -0.05) is 0 Å². The number of carbonyl (C=O) groups is 1. The molecule has 0 spiro atoms. The van der Waals surface area contributed by atoms with Crippen molar-refractivity contribution < 1.29 is 23.1 Å². The van der Waals surface area contributed by atoms with Gasteiger partial charge in [0.05, 0.1) is 15.9 Å². The van der Waals surface area contributed by atoms with Crippen LogP contribution in [0.1, 0.15) is 5.56 Å². The fourth-order valence-electron chi connectivity index (χ4n) is 1.07. The number of fused-ring (bicyclic) bond motifs is 1. The SMILES string of the molecule is Cc1csc2c(N)ccnc12.O=C(O)C(F)(F)F. The molecule has 3 N–H and O–H groups in total. The molecule has 18 heavy (non-hydrogen) atoms. The summed E-state index contributed by atoms with van der Waals surface area (Å²) in [5.74, 6) is -2.76. The molecule has 0 aliphatic rings. The van der Waals surface area contributed by atoms with Gasteiger partial charge in [-0.3, -0.25) is 4.98 Å². The zero-order chi connectivity index (χ0) is 13.9. The van der Waals surface area contributed by atoms with Gasteiger partial charge >= 0.3 is 12.1 Å². The highest BCUT2D eigenvalue weighted by molar-refractivity contribution is 7.18. The number of aryl methyl sites for hydroxylation is 1. The molecule has 0 aromatic carbocycles. The maximum absolute atomic E-state index is 10.6. The van der Waals surface area contributed by atoms with Crippen LogP contribution in [0.4, 0.5) is 18.9 Å². The molecule has 0 saturated carbocycles. The van der Waals surface area contributed by atoms with Gasteiger partial charge in [-0.15, -0.1) is 11.3 Å². The first-order chi connectivity index (χ1) is 8.23. The molecule has 0 aliphatic carbocycles. The zero-order valence-corrected chi connectivity index (χ0v) is 9.97. The fraction of sp³-hybridized carbons (Fsp3) is 0.200. The third kappa shape index (κ3) is 3.33. The predicted octanol–water partition coefficient (Wildman–Crippen LogP) is 2.82. The molecule has 2 aromatic rings. The summed E-state index contributed by atoms with van der Waals surface area (Å²) in [6.07, 6.45) is -3.34. The molecule has 0 saturated heterocycles. The third-order valence-electron chi connectivity index (χ3n) is 1.90. The molecule has 2 heterocycles. The number of carboxylic acids is 1. The van der Waals surface area contributed by atoms with E-state index < -0.39 is 12.1 Å². The Balaban J connectivity index is 0.000000203. The summed E-state index contributed by atoms with van der Waals surface area (Å²) in [4.78, 5) is 13.1. The van der Waals surface area contributed by atoms with E-state index in [4.69, 9.17) is 15.6 Å². The molecule has 0 unspecified atom stereocenters. The molecule has 4 nitrogen and oxygen atoms in total. The van der Waals surface area contributed by atoms with Crippen molar-refractivity contribution in [3.05, 3.63) is 23.2 Å². The Labute approximate surface area is 104 Å². The van der Waals surface area contributed by atoms with E-state index in [0.717, 1.165) is 15.9 Å². The Kier molecular flexibility index (Phi) is 4.12. The van der Waals surface area contributed by atoms with Gasteiger partial charge in [0.25, 0.3) is 0 Å². The van der Waals surface area contributed by atoms with Crippen molar-refractivity contribution >= 4 is 33.2 Å². The molecule has 8 heteroatoms. The summed E-state index contributed by atoms with van der Waals surface area (Å²) in [7, 11) is 0. The minimum Gasteiger partial charge on any atom is -0.475 e. The lowest BCUT2D eigenvalue weighted by Gasteiger charge is -1.93. The van der Waals surface area contributed by atoms with Crippen LogP contribution < -0.4 is 5.73 Å². The van der Waals surface area contributed by atoms with E-state index in [1.54, 1.807) is 17.5 Å². The molecule has 0 aliphatic heterocycles. The van der Waals surface area contributed by atoms with Gasteiger partial charge < -0.3 is 10.8 Å². The number of aliphatic carboxylic acids is 1. The normalized spacial score (nSPS) is 10.9. The summed E-state index contributed by atoms with van der Waals surface area (Å²) < 4.78 is 32.8. The second-order valence-corrected chi connectivity index (χ2v) is 4.18. The van der Waals surface area contributed by atoms with Crippen LogP contribution in [0.2, 0.25) is 0 Å². The van der Waals surface area contributed by atoms with E-state index in [1.807, 2.05) is 13.0 Å². The molecular formula is C10H9F3N2O2S. The van der Waals surface area contributed by atoms with Crippen molar-refractivity contribution in [2.24, 2.45) is 0 Å². The highest BCUT2D eigenvalue weighted by Crippen LogP contribution is 2.27. The van der Waals surface area contributed by atoms with Crippen LogP contribution in [0.3, 0.4) is 0 Å². The van der Waals surface area contributed by atoms with Crippen molar-refractivity contribution in [2.45, 2.75) is 13.1 Å². The van der Waals surface area contributed by atoms with Crippen LogP contribution >= 0.6 is 11.3 Å². The second-order valence-electron chi connectivity index (χ2n) is 3.30. The number of nitrogen functional groups attached to an aromatic ring is 1. The number of nitrogens with zero attached hydrogens (tertiary/aromatic N) is 1. The van der Waals surface area contributed by atoms with Crippen molar-refractivity contribution in [1.82, 2.24) is 4.98 Å². The number of thiophene rings is 1. The first kappa shape index (κ1) is 14.2. The number of rotatable bonds is 0. The quantitative estimate of drug-likeness (QED) is 0.777. The highest BCUT2D eigenvalue weighted by atomic mass is 32.1. The lowest BCUT2D eigenvalue weighted by molar-refractivity contribution is -0.192. The average Bonchev–Trinajstić information content (AvgIpc) is 2.62. The first-order valence-corrected chi connectivity index (χ1v) is 5.50. The lowest BCUT2D eigenvalue weighted by Crippen LogP contribution is -2.21. The maximum atomic E-state index is 10.6. The van der Waals surface area contributed by atoms with E-state index in [9.17, 15) is 13.2 Å². The van der Waals surface area contributed by atoms with E-state index >= 15 is 0 Å². The van der Waals surface area contributed by atoms with Crippen molar-refractivity contribution in [2.75, 3.05) is 5.73 Å². The fourth-order valence-corrected chi connectivity index (χ4v) is 2.01. The van der Waals surface area contributed by atoms with Crippen LogP contribution in [-0.4, -0.2) is 22.2 Å². The molecule has 0 bridgehead atoms. The average molecular weight is 278 g/mol. The van der Waals surface area contributed by atoms with Crippen LogP contribution in [0, 0.1) is 6.92 Å². The first-order valence-electron chi connectivity index (χ1n) is 4.62. The number of anilines is 1. The molecule has 0 atom stereocenters. The third-order valence-corrected chi connectivity index (χ3v) is 3.04. The van der Waals surface area contributed by atoms with Gasteiger partial charge in [-0.2, -0.15) is 13.2 Å². The number of hydrogen-bond donors (Lipinski definition) is 2. The van der Waals surface area contributed by atoms with Crippen molar-refractivity contribution in [1.29, 1.82) is 0 Å². The molecule has 2 rings (SSSR count). The van der Waals surface area contributed by atoms with Crippen LogP contribution in [0.5, 0.6) is 0 Å². The number of carboxylic acid groups (broad SMARTS) is 1. The summed E-state index contributed by atoms with van der Waals surface area (Å²) >= 11 is 1.65. The monoisotopic (exact) mass is 278 g/mol. The summed E-state index contributed by atoms with van der Waals surface area (Å²) in [5, 5.41) is 9.20. The van der Waals surface area contributed by atoms with Crippen LogP contribution in [-0.2, 0) is 4.79 Å². The van der Waals surface area contributed by atoms with Crippen LogP contribution in [0.25, 0.3) is 10.2 Å². The number of pyridine rings is 1. The van der Waals surface area contributed by atoms with Gasteiger partial charge in [0, 0.05) is 6.20 Å². The van der Waals surface area contributed by atoms with Crippen LogP contribution in [0.15, 0.2) is 17.6 Å². The Bertz CT molecular complexity index is 566. The number of hydrogen-bond acceptors (Lipinski definition) is 4. The number of alkyl halides is 3. The highest BCUT2D eigenvalue weighted by Gasteiger charge is 2.38. The number of nitrogens with two attached hydrogens (primary N) is 1. The van der Waals surface area contributed by atoms with Crippen molar-refractivity contribution in [3.63, 3.8) is 0 Å². The van der Waals surface area contributed by atoms with Gasteiger partial charge in [0.1, 0.15) is 0 Å². The second kappa shape index (κ2) is 5.21. The van der Waals surface area contributed by atoms with Gasteiger partial charge in [0.15, 0.2) is 0 Å². The minimum atomic E-state index is -5.08. The zero-order valence-electron chi connectivity index (χ0n) is 9.15. The van der Waals surface area contributed by atoms with Gasteiger partial charge in [-0.25, -0.2) is 4.79 Å². The van der Waals surface area contributed by atoms with Gasteiger partial charge in [0.2, 0.25) is 0 Å². The van der Waals surface area contributed by atoms with E-state index in [1.165, 1.54) is 5.56 Å². The smallest absolute Gasteiger partial charge is 0.475 e. The largest absolute Gasteiger partial charge is 0.490 e. The standard InChI is InChI=1S/C8H8N2S.C2HF3O2/c1-5-4-11-8-6(9)2-3-10-7(5)8;3-2(4,5)1(6)7/h2-4H,1H3,(H2,9,10);(H,6,7). The molecular weight excluding hydrogens is 269 g/mol. The molecule has 0 fully saturated rings. The van der Waals surface area contributed by atoms with Crippen molar-refractivity contribution in [3.8, 4) is 0 Å². The summed E-state index contributed by atoms with van der Waals surface area (Å²) in [6.45, 7) is 2.05. The Morgan fingerprint density at radius 3 is 2.50 bits per heavy atom. The van der Waals surface area contributed by atoms with E-state index in [0.29, 0.717) is 0 Å². The van der Waals surface area contributed by atoms with E-state index in [2.05, 4.69) is 10.4 Å². The minimum absolute atomic E-state index is 0.827. The molecule has 0 radical (unpaired) electrons. The summed E-state index contributed by atoms with van der Waals surface area (Å²) in [6, 6.07) is 1.83. The predicted molar refractivity (Wildman–Crippen MR) is 62.5 cm³/mol. The number of halogens is 3. The molecule has 0 amide bonds. The Hall–Kier alpha value is -1.83. The molecule has 2 aromatic heterocycles. The Morgan fingerprint density at radius 2 is 2.06 bits per heavy atom. The lowest BCUT2D eigenvalue weighted by atomic mass is 10.3. The Morgan fingerprint density at radius 1 is 1.50 bits per heavy atom. The van der Waals surface area contributed by atoms with Gasteiger partial charge in [-0.05, 0) is 23.9 Å². The topological polar surface area (TPSA) is 76.2 Å².